The third kappa shape index (κ3) is 2.75. The summed E-state index contributed by atoms with van der Waals surface area (Å²) in [7, 11) is 1.92. The van der Waals surface area contributed by atoms with Crippen LogP contribution in [-0.4, -0.2) is 30.3 Å². The van der Waals surface area contributed by atoms with Crippen LogP contribution < -0.4 is 14.8 Å². The summed E-state index contributed by atoms with van der Waals surface area (Å²) in [6.45, 7) is 1.32. The van der Waals surface area contributed by atoms with Crippen molar-refractivity contribution >= 4 is 0 Å². The zero-order valence-corrected chi connectivity index (χ0v) is 11.3. The van der Waals surface area contributed by atoms with Gasteiger partial charge in [-0.3, -0.25) is 0 Å². The van der Waals surface area contributed by atoms with Crippen molar-refractivity contribution in [2.24, 2.45) is 0 Å². The van der Waals surface area contributed by atoms with Crippen LogP contribution in [0.4, 0.5) is 0 Å². The second-order valence-corrected chi connectivity index (χ2v) is 4.62. The van der Waals surface area contributed by atoms with E-state index in [2.05, 4.69) is 15.5 Å². The van der Waals surface area contributed by atoms with Crippen LogP contribution in [0, 0.1) is 0 Å². The van der Waals surface area contributed by atoms with E-state index >= 15 is 0 Å². The van der Waals surface area contributed by atoms with Crippen molar-refractivity contribution in [3.8, 4) is 11.5 Å². The topological polar surface area (TPSA) is 69.4 Å². The summed E-state index contributed by atoms with van der Waals surface area (Å²) < 4.78 is 16.7. The quantitative estimate of drug-likeness (QED) is 0.838. The van der Waals surface area contributed by atoms with E-state index in [4.69, 9.17) is 14.0 Å². The van der Waals surface area contributed by atoms with Crippen LogP contribution in [0.2, 0.25) is 0 Å². The average Bonchev–Trinajstić information content (AvgIpc) is 2.96. The lowest BCUT2D eigenvalue weighted by Crippen LogP contribution is -2.22. The maximum absolute atomic E-state index is 5.83. The number of nitrogens with one attached hydrogen (secondary N) is 1. The van der Waals surface area contributed by atoms with Gasteiger partial charge in [0.2, 0.25) is 11.7 Å². The van der Waals surface area contributed by atoms with Crippen molar-refractivity contribution in [2.75, 3.05) is 20.2 Å². The van der Waals surface area contributed by atoms with E-state index in [9.17, 15) is 0 Å². The van der Waals surface area contributed by atoms with Crippen molar-refractivity contribution in [3.63, 3.8) is 0 Å². The zero-order valence-electron chi connectivity index (χ0n) is 11.3. The molecule has 2 heterocycles. The van der Waals surface area contributed by atoms with Crippen molar-refractivity contribution in [2.45, 2.75) is 18.9 Å². The van der Waals surface area contributed by atoms with Gasteiger partial charge in [0.15, 0.2) is 17.6 Å². The largest absolute Gasteiger partial charge is 0.485 e. The Morgan fingerprint density at radius 3 is 3.00 bits per heavy atom. The number of para-hydroxylation sites is 2. The minimum absolute atomic E-state index is 0.313. The number of aryl methyl sites for hydroxylation is 1. The molecule has 1 aliphatic heterocycles. The Bertz CT molecular complexity index is 570. The number of hydrogen-bond donors (Lipinski definition) is 1. The molecule has 1 unspecified atom stereocenters. The van der Waals surface area contributed by atoms with Gasteiger partial charge in [0, 0.05) is 6.42 Å². The molecule has 3 rings (SSSR count). The SMILES string of the molecule is CNCCCc1nc(C2COc3ccccc3O2)no1. The molecule has 106 valence electrons. The monoisotopic (exact) mass is 275 g/mol. The summed E-state index contributed by atoms with van der Waals surface area (Å²) in [4.78, 5) is 4.37. The molecule has 0 fully saturated rings. The maximum Gasteiger partial charge on any atom is 0.226 e. The number of rotatable bonds is 5. The van der Waals surface area contributed by atoms with Crippen LogP contribution in [0.25, 0.3) is 0 Å². The van der Waals surface area contributed by atoms with Gasteiger partial charge in [0.25, 0.3) is 0 Å². The van der Waals surface area contributed by atoms with E-state index < -0.39 is 0 Å². The van der Waals surface area contributed by atoms with Crippen LogP contribution in [0.1, 0.15) is 24.2 Å². The molecule has 1 aromatic carbocycles. The van der Waals surface area contributed by atoms with Crippen LogP contribution in [0.3, 0.4) is 0 Å². The van der Waals surface area contributed by atoms with Gasteiger partial charge in [-0.2, -0.15) is 4.98 Å². The molecule has 1 aromatic heterocycles. The maximum atomic E-state index is 5.83. The van der Waals surface area contributed by atoms with Gasteiger partial charge in [0.05, 0.1) is 0 Å². The Balaban J connectivity index is 1.66. The highest BCUT2D eigenvalue weighted by molar-refractivity contribution is 5.40. The molecule has 6 nitrogen and oxygen atoms in total. The third-order valence-corrected chi connectivity index (χ3v) is 3.10. The predicted molar refractivity (Wildman–Crippen MR) is 71.9 cm³/mol. The molecule has 0 bridgehead atoms. The van der Waals surface area contributed by atoms with Crippen molar-refractivity contribution in [1.82, 2.24) is 15.5 Å². The fourth-order valence-corrected chi connectivity index (χ4v) is 2.06. The molecule has 0 radical (unpaired) electrons. The van der Waals surface area contributed by atoms with Gasteiger partial charge in [0.1, 0.15) is 6.61 Å². The highest BCUT2D eigenvalue weighted by atomic mass is 16.6. The molecule has 1 N–H and O–H groups in total. The number of fused-ring (bicyclic) bond motifs is 1. The fourth-order valence-electron chi connectivity index (χ4n) is 2.06. The van der Waals surface area contributed by atoms with Crippen molar-refractivity contribution in [3.05, 3.63) is 36.0 Å². The smallest absolute Gasteiger partial charge is 0.226 e. The molecule has 20 heavy (non-hydrogen) atoms. The standard InChI is InChI=1S/C14H17N3O3/c1-15-8-4-7-13-16-14(17-20-13)12-9-18-10-5-2-3-6-11(10)19-12/h2-3,5-6,12,15H,4,7-9H2,1H3. The summed E-state index contributed by atoms with van der Waals surface area (Å²) in [5.41, 5.74) is 0. The molecule has 0 amide bonds. The van der Waals surface area contributed by atoms with Crippen LogP contribution in [-0.2, 0) is 6.42 Å². The van der Waals surface area contributed by atoms with Gasteiger partial charge in [-0.15, -0.1) is 0 Å². The molecule has 2 aromatic rings. The highest BCUT2D eigenvalue weighted by Crippen LogP contribution is 2.34. The molecule has 0 saturated carbocycles. The lowest BCUT2D eigenvalue weighted by molar-refractivity contribution is 0.0832. The summed E-state index contributed by atoms with van der Waals surface area (Å²) in [6.07, 6.45) is 1.41. The molecule has 1 aliphatic rings. The summed E-state index contributed by atoms with van der Waals surface area (Å²) >= 11 is 0. The van der Waals surface area contributed by atoms with E-state index in [1.807, 2.05) is 31.3 Å². The van der Waals surface area contributed by atoms with E-state index in [0.717, 1.165) is 25.1 Å². The fraction of sp³-hybridized carbons (Fsp3) is 0.429. The summed E-state index contributed by atoms with van der Waals surface area (Å²) in [6, 6.07) is 7.57. The van der Waals surface area contributed by atoms with E-state index in [1.165, 1.54) is 0 Å². The average molecular weight is 275 g/mol. The first-order valence-corrected chi connectivity index (χ1v) is 6.72. The number of hydrogen-bond acceptors (Lipinski definition) is 6. The van der Waals surface area contributed by atoms with Gasteiger partial charge in [-0.05, 0) is 32.1 Å². The van der Waals surface area contributed by atoms with Gasteiger partial charge in [-0.1, -0.05) is 17.3 Å². The number of nitrogens with zero attached hydrogens (tertiary/aromatic N) is 2. The first kappa shape index (κ1) is 12.9. The van der Waals surface area contributed by atoms with E-state index in [0.29, 0.717) is 24.1 Å². The first-order valence-electron chi connectivity index (χ1n) is 6.72. The molecular formula is C14H17N3O3. The lowest BCUT2D eigenvalue weighted by atomic mass is 10.2. The Kier molecular flexibility index (Phi) is 3.83. The number of aromatic nitrogens is 2. The van der Waals surface area contributed by atoms with Gasteiger partial charge >= 0.3 is 0 Å². The molecule has 6 heteroatoms. The minimum Gasteiger partial charge on any atom is -0.485 e. The Hall–Kier alpha value is -2.08. The molecule has 0 aliphatic carbocycles. The number of ether oxygens (including phenoxy) is 2. The lowest BCUT2D eigenvalue weighted by Gasteiger charge is -2.24. The summed E-state index contributed by atoms with van der Waals surface area (Å²) in [5.74, 6) is 2.64. The number of benzene rings is 1. The normalized spacial score (nSPS) is 17.1. The first-order chi connectivity index (χ1) is 9.86. The van der Waals surface area contributed by atoms with Crippen molar-refractivity contribution in [1.29, 1.82) is 0 Å². The second-order valence-electron chi connectivity index (χ2n) is 4.62. The summed E-state index contributed by atoms with van der Waals surface area (Å²) in [5, 5.41) is 7.06. The van der Waals surface area contributed by atoms with Gasteiger partial charge < -0.3 is 19.3 Å². The van der Waals surface area contributed by atoms with E-state index in [1.54, 1.807) is 0 Å². The predicted octanol–water partition coefficient (Wildman–Crippen LogP) is 1.73. The highest BCUT2D eigenvalue weighted by Gasteiger charge is 2.26. The molecular weight excluding hydrogens is 258 g/mol. The second kappa shape index (κ2) is 5.92. The van der Waals surface area contributed by atoms with E-state index in [-0.39, 0.29) is 6.10 Å². The third-order valence-electron chi connectivity index (χ3n) is 3.10. The Morgan fingerprint density at radius 2 is 2.15 bits per heavy atom. The Labute approximate surface area is 117 Å². The van der Waals surface area contributed by atoms with Gasteiger partial charge in [-0.25, -0.2) is 0 Å². The molecule has 0 spiro atoms. The minimum atomic E-state index is -0.313. The van der Waals surface area contributed by atoms with Crippen LogP contribution in [0.15, 0.2) is 28.8 Å². The Morgan fingerprint density at radius 1 is 1.30 bits per heavy atom. The van der Waals surface area contributed by atoms with Crippen LogP contribution >= 0.6 is 0 Å². The van der Waals surface area contributed by atoms with Crippen molar-refractivity contribution < 1.29 is 14.0 Å². The zero-order chi connectivity index (χ0) is 13.8. The van der Waals surface area contributed by atoms with Crippen LogP contribution in [0.5, 0.6) is 11.5 Å². The molecule has 1 atom stereocenters. The molecule has 0 saturated heterocycles.